The van der Waals surface area contributed by atoms with E-state index >= 15 is 0 Å². The van der Waals surface area contributed by atoms with Crippen LogP contribution in [0.2, 0.25) is 0 Å². The van der Waals surface area contributed by atoms with E-state index in [4.69, 9.17) is 11.5 Å². The summed E-state index contributed by atoms with van der Waals surface area (Å²) in [6.07, 6.45) is 0. The molecule has 0 aliphatic rings. The van der Waals surface area contributed by atoms with Gasteiger partial charge in [0.2, 0.25) is 0 Å². The number of H-pyrrole nitrogens is 1. The van der Waals surface area contributed by atoms with Gasteiger partial charge in [0.05, 0.1) is 0 Å². The van der Waals surface area contributed by atoms with Gasteiger partial charge in [-0.25, -0.2) is 0 Å². The van der Waals surface area contributed by atoms with Gasteiger partial charge in [-0.1, -0.05) is 24.3 Å². The fourth-order valence-corrected chi connectivity index (χ4v) is 2.06. The molecule has 0 unspecified atom stereocenters. The van der Waals surface area contributed by atoms with E-state index in [0.29, 0.717) is 0 Å². The second-order valence-electron chi connectivity index (χ2n) is 4.53. The highest BCUT2D eigenvalue weighted by atomic mass is 14.7. The molecule has 94 valence electrons. The molecule has 1 heterocycles. The van der Waals surface area contributed by atoms with Crippen LogP contribution in [0.1, 0.15) is 0 Å². The summed E-state index contributed by atoms with van der Waals surface area (Å²) in [5.74, 6) is 0. The monoisotopic (exact) mass is 249 g/mol. The fraction of sp³-hybridized carbons (Fsp3) is 0. The first-order chi connectivity index (χ1) is 9.22. The Morgan fingerprint density at radius 2 is 0.895 bits per heavy atom. The van der Waals surface area contributed by atoms with E-state index in [9.17, 15) is 0 Å². The van der Waals surface area contributed by atoms with E-state index in [0.717, 1.165) is 33.9 Å². The minimum Gasteiger partial charge on any atom is -0.399 e. The normalized spacial score (nSPS) is 10.5. The summed E-state index contributed by atoms with van der Waals surface area (Å²) in [4.78, 5) is 3.40. The van der Waals surface area contributed by atoms with Gasteiger partial charge in [0.25, 0.3) is 0 Å². The molecule has 19 heavy (non-hydrogen) atoms. The molecule has 0 fully saturated rings. The number of nitrogen functional groups attached to an aromatic ring is 2. The maximum atomic E-state index is 5.69. The molecule has 0 aliphatic carbocycles. The van der Waals surface area contributed by atoms with Gasteiger partial charge in [-0.2, -0.15) is 0 Å². The summed E-state index contributed by atoms with van der Waals surface area (Å²) in [7, 11) is 0. The van der Waals surface area contributed by atoms with Gasteiger partial charge >= 0.3 is 0 Å². The van der Waals surface area contributed by atoms with Crippen LogP contribution in [-0.4, -0.2) is 4.98 Å². The first-order valence-corrected chi connectivity index (χ1v) is 6.13. The van der Waals surface area contributed by atoms with Crippen LogP contribution in [0.3, 0.4) is 0 Å². The van der Waals surface area contributed by atoms with Crippen LogP contribution in [0.5, 0.6) is 0 Å². The number of nitrogens with one attached hydrogen (secondary N) is 1. The number of benzene rings is 2. The topological polar surface area (TPSA) is 67.8 Å². The summed E-state index contributed by atoms with van der Waals surface area (Å²) in [6.45, 7) is 0. The summed E-state index contributed by atoms with van der Waals surface area (Å²) in [5.41, 5.74) is 17.3. The smallest absolute Gasteiger partial charge is 0.0458 e. The number of aromatic nitrogens is 1. The average Bonchev–Trinajstić information content (AvgIpc) is 2.90. The predicted octanol–water partition coefficient (Wildman–Crippen LogP) is 3.51. The highest BCUT2D eigenvalue weighted by Crippen LogP contribution is 2.25. The summed E-state index contributed by atoms with van der Waals surface area (Å²) >= 11 is 0. The van der Waals surface area contributed by atoms with Crippen molar-refractivity contribution in [3.8, 4) is 22.5 Å². The molecule has 0 spiro atoms. The molecule has 2 aromatic carbocycles. The van der Waals surface area contributed by atoms with E-state index in [1.807, 2.05) is 48.5 Å². The lowest BCUT2D eigenvalue weighted by atomic mass is 10.1. The molecule has 3 nitrogen and oxygen atoms in total. The zero-order chi connectivity index (χ0) is 13.2. The highest BCUT2D eigenvalue weighted by Gasteiger charge is 2.03. The Morgan fingerprint density at radius 3 is 1.26 bits per heavy atom. The van der Waals surface area contributed by atoms with Crippen molar-refractivity contribution in [2.24, 2.45) is 0 Å². The Kier molecular flexibility index (Phi) is 2.72. The van der Waals surface area contributed by atoms with Gasteiger partial charge in [-0.05, 0) is 47.5 Å². The van der Waals surface area contributed by atoms with Crippen LogP contribution < -0.4 is 11.5 Å². The number of aromatic amines is 1. The number of anilines is 2. The molecule has 0 atom stereocenters. The van der Waals surface area contributed by atoms with E-state index in [1.54, 1.807) is 0 Å². The number of rotatable bonds is 2. The van der Waals surface area contributed by atoms with Crippen molar-refractivity contribution in [3.05, 3.63) is 60.7 Å². The Labute approximate surface area is 111 Å². The molecular formula is C16H15N3. The molecule has 3 aromatic rings. The zero-order valence-corrected chi connectivity index (χ0v) is 10.4. The third-order valence-corrected chi connectivity index (χ3v) is 3.13. The minimum absolute atomic E-state index is 0.772. The molecular weight excluding hydrogens is 234 g/mol. The Hall–Kier alpha value is -2.68. The van der Waals surface area contributed by atoms with Gasteiger partial charge in [-0.3, -0.25) is 0 Å². The van der Waals surface area contributed by atoms with Crippen molar-refractivity contribution in [2.75, 3.05) is 11.5 Å². The molecule has 0 amide bonds. The zero-order valence-electron chi connectivity index (χ0n) is 10.4. The van der Waals surface area contributed by atoms with Gasteiger partial charge in [-0.15, -0.1) is 0 Å². The Balaban J connectivity index is 1.95. The second-order valence-corrected chi connectivity index (χ2v) is 4.53. The molecule has 0 saturated carbocycles. The molecule has 3 heteroatoms. The van der Waals surface area contributed by atoms with Crippen molar-refractivity contribution in [1.29, 1.82) is 0 Å². The summed E-state index contributed by atoms with van der Waals surface area (Å²) in [6, 6.07) is 19.8. The molecule has 0 saturated heterocycles. The van der Waals surface area contributed by atoms with E-state index in [1.165, 1.54) is 0 Å². The van der Waals surface area contributed by atoms with Crippen molar-refractivity contribution in [1.82, 2.24) is 4.98 Å². The first kappa shape index (κ1) is 11.4. The quantitative estimate of drug-likeness (QED) is 0.608. The molecule has 1 aromatic heterocycles. The lowest BCUT2D eigenvalue weighted by Gasteiger charge is -2.01. The fourth-order valence-electron chi connectivity index (χ4n) is 2.06. The van der Waals surface area contributed by atoms with Gasteiger partial charge < -0.3 is 16.5 Å². The first-order valence-electron chi connectivity index (χ1n) is 6.13. The van der Waals surface area contributed by atoms with Crippen LogP contribution in [0, 0.1) is 0 Å². The van der Waals surface area contributed by atoms with Gasteiger partial charge in [0.1, 0.15) is 0 Å². The summed E-state index contributed by atoms with van der Waals surface area (Å²) in [5, 5.41) is 0. The number of nitrogens with two attached hydrogens (primary N) is 2. The van der Waals surface area contributed by atoms with Crippen LogP contribution in [0.4, 0.5) is 11.4 Å². The standard InChI is InChI=1S/C16H15N3/c17-13-5-1-11(2-6-13)15-9-10-16(19-15)12-3-7-14(18)8-4-12/h1-10,19H,17-18H2. The largest absolute Gasteiger partial charge is 0.399 e. The molecule has 0 radical (unpaired) electrons. The molecule has 0 bridgehead atoms. The Bertz CT molecular complexity index is 619. The van der Waals surface area contributed by atoms with Crippen molar-refractivity contribution in [2.45, 2.75) is 0 Å². The predicted molar refractivity (Wildman–Crippen MR) is 80.5 cm³/mol. The van der Waals surface area contributed by atoms with Crippen molar-refractivity contribution in [3.63, 3.8) is 0 Å². The third kappa shape index (κ3) is 2.31. The number of hydrogen-bond acceptors (Lipinski definition) is 2. The van der Waals surface area contributed by atoms with E-state index in [-0.39, 0.29) is 0 Å². The van der Waals surface area contributed by atoms with Gasteiger partial charge in [0.15, 0.2) is 0 Å². The van der Waals surface area contributed by atoms with Crippen LogP contribution in [0.25, 0.3) is 22.5 Å². The second kappa shape index (κ2) is 4.53. The number of hydrogen-bond donors (Lipinski definition) is 3. The SMILES string of the molecule is Nc1ccc(-c2ccc(-c3ccc(N)cc3)[nH]2)cc1. The van der Waals surface area contributed by atoms with Crippen molar-refractivity contribution >= 4 is 11.4 Å². The lowest BCUT2D eigenvalue weighted by Crippen LogP contribution is -1.85. The molecule has 0 aliphatic heterocycles. The van der Waals surface area contributed by atoms with E-state index < -0.39 is 0 Å². The summed E-state index contributed by atoms with van der Waals surface area (Å²) < 4.78 is 0. The van der Waals surface area contributed by atoms with Crippen LogP contribution in [-0.2, 0) is 0 Å². The van der Waals surface area contributed by atoms with Crippen LogP contribution >= 0.6 is 0 Å². The van der Waals surface area contributed by atoms with Crippen LogP contribution in [0.15, 0.2) is 60.7 Å². The third-order valence-electron chi connectivity index (χ3n) is 3.13. The molecule has 3 rings (SSSR count). The minimum atomic E-state index is 0.772. The van der Waals surface area contributed by atoms with E-state index in [2.05, 4.69) is 17.1 Å². The van der Waals surface area contributed by atoms with Crippen molar-refractivity contribution < 1.29 is 0 Å². The Morgan fingerprint density at radius 1 is 0.526 bits per heavy atom. The average molecular weight is 249 g/mol. The maximum absolute atomic E-state index is 5.69. The lowest BCUT2D eigenvalue weighted by molar-refractivity contribution is 1.39. The molecule has 5 N–H and O–H groups in total. The highest BCUT2D eigenvalue weighted by molar-refractivity contribution is 5.69. The maximum Gasteiger partial charge on any atom is 0.0458 e. The van der Waals surface area contributed by atoms with Gasteiger partial charge in [0, 0.05) is 22.8 Å².